The quantitative estimate of drug-likeness (QED) is 0.821. The summed E-state index contributed by atoms with van der Waals surface area (Å²) in [7, 11) is -1.96. The van der Waals surface area contributed by atoms with Gasteiger partial charge in [0.25, 0.3) is 0 Å². The Morgan fingerprint density at radius 1 is 1.13 bits per heavy atom. The molecule has 0 spiro atoms. The van der Waals surface area contributed by atoms with Crippen LogP contribution < -0.4 is 4.74 Å². The Morgan fingerprint density at radius 3 is 2.17 bits per heavy atom. The van der Waals surface area contributed by atoms with Crippen LogP contribution in [0.15, 0.2) is 29.2 Å². The van der Waals surface area contributed by atoms with Gasteiger partial charge in [0, 0.05) is 26.2 Å². The molecule has 6 nitrogen and oxygen atoms in total. The van der Waals surface area contributed by atoms with Crippen LogP contribution in [0, 0.1) is 11.3 Å². The van der Waals surface area contributed by atoms with Crippen molar-refractivity contribution in [3.8, 4) is 5.75 Å². The predicted molar refractivity (Wildman–Crippen MR) is 83.5 cm³/mol. The molecular formula is C16H20N2O4S. The molecular weight excluding hydrogens is 316 g/mol. The molecule has 1 heterocycles. The van der Waals surface area contributed by atoms with Crippen molar-refractivity contribution in [1.82, 2.24) is 9.21 Å². The van der Waals surface area contributed by atoms with Crippen molar-refractivity contribution >= 4 is 15.9 Å². The maximum atomic E-state index is 12.7. The van der Waals surface area contributed by atoms with Gasteiger partial charge in [0.05, 0.1) is 17.4 Å². The molecule has 0 bridgehead atoms. The van der Waals surface area contributed by atoms with E-state index in [4.69, 9.17) is 4.74 Å². The number of hydrogen-bond donors (Lipinski definition) is 0. The molecule has 1 saturated heterocycles. The molecule has 1 aromatic carbocycles. The van der Waals surface area contributed by atoms with Gasteiger partial charge in [0.15, 0.2) is 0 Å². The summed E-state index contributed by atoms with van der Waals surface area (Å²) in [6.45, 7) is 1.70. The lowest BCUT2D eigenvalue weighted by Gasteiger charge is -2.34. The van der Waals surface area contributed by atoms with Crippen LogP contribution in [0.5, 0.6) is 5.75 Å². The molecule has 23 heavy (non-hydrogen) atoms. The molecule has 1 amide bonds. The van der Waals surface area contributed by atoms with Gasteiger partial charge in [0.1, 0.15) is 5.75 Å². The Balaban J connectivity index is 1.43. The van der Waals surface area contributed by atoms with Crippen molar-refractivity contribution in [3.05, 3.63) is 24.3 Å². The van der Waals surface area contributed by atoms with E-state index < -0.39 is 10.0 Å². The lowest BCUT2D eigenvalue weighted by Crippen LogP contribution is -2.51. The highest BCUT2D eigenvalue weighted by molar-refractivity contribution is 7.89. The van der Waals surface area contributed by atoms with Gasteiger partial charge >= 0.3 is 0 Å². The first kappa shape index (κ1) is 15.0. The van der Waals surface area contributed by atoms with Gasteiger partial charge in [-0.2, -0.15) is 4.31 Å². The predicted octanol–water partition coefficient (Wildman–Crippen LogP) is 0.938. The number of amides is 1. The number of piperazine rings is 1. The Morgan fingerprint density at radius 2 is 1.70 bits per heavy atom. The molecule has 3 aliphatic rings. The smallest absolute Gasteiger partial charge is 0.243 e. The molecule has 0 radical (unpaired) electrons. The van der Waals surface area contributed by atoms with Crippen LogP contribution in [0.1, 0.15) is 12.8 Å². The normalized spacial score (nSPS) is 29.8. The van der Waals surface area contributed by atoms with E-state index in [-0.39, 0.29) is 16.2 Å². The molecule has 0 atom stereocenters. The number of nitrogens with zero attached hydrogens (tertiary/aromatic N) is 2. The standard InChI is InChI=1S/C16H20N2O4S/c1-22-13-2-4-14(5-3-13)23(20,21)18-8-6-17(7-9-18)15(19)16-10-12(16)11-16/h2-5,12H,6-11H2,1H3. The number of carbonyl (C=O) groups is 1. The SMILES string of the molecule is COc1ccc(S(=O)(=O)N2CCN(C(=O)C34CC3C4)CC2)cc1. The van der Waals surface area contributed by atoms with Crippen LogP contribution in [0.3, 0.4) is 0 Å². The highest BCUT2D eigenvalue weighted by atomic mass is 32.2. The van der Waals surface area contributed by atoms with Gasteiger partial charge < -0.3 is 9.64 Å². The number of sulfonamides is 1. The minimum Gasteiger partial charge on any atom is -0.497 e. The minimum atomic E-state index is -3.51. The summed E-state index contributed by atoms with van der Waals surface area (Å²) in [5.74, 6) is 1.49. The van der Waals surface area contributed by atoms with Gasteiger partial charge in [-0.15, -0.1) is 0 Å². The van der Waals surface area contributed by atoms with E-state index in [0.29, 0.717) is 37.8 Å². The Bertz CT molecular complexity index is 730. The largest absolute Gasteiger partial charge is 0.497 e. The molecule has 1 aromatic rings. The van der Waals surface area contributed by atoms with E-state index in [1.165, 1.54) is 4.31 Å². The zero-order valence-electron chi connectivity index (χ0n) is 13.1. The molecule has 1 aliphatic heterocycles. The average molecular weight is 336 g/mol. The molecule has 0 aromatic heterocycles. The van der Waals surface area contributed by atoms with Crippen LogP contribution in [0.4, 0.5) is 0 Å². The van der Waals surface area contributed by atoms with E-state index in [1.807, 2.05) is 4.90 Å². The maximum absolute atomic E-state index is 12.7. The molecule has 2 saturated carbocycles. The third-order valence-electron chi connectivity index (χ3n) is 5.33. The third-order valence-corrected chi connectivity index (χ3v) is 7.24. The van der Waals surface area contributed by atoms with Gasteiger partial charge in [-0.3, -0.25) is 4.79 Å². The number of carbonyl (C=O) groups excluding carboxylic acids is 1. The summed E-state index contributed by atoms with van der Waals surface area (Å²) in [5, 5.41) is 0. The van der Waals surface area contributed by atoms with Gasteiger partial charge in [-0.05, 0) is 43.0 Å². The third kappa shape index (κ3) is 2.33. The summed E-state index contributed by atoms with van der Waals surface area (Å²) < 4.78 is 31.8. The Hall–Kier alpha value is -1.60. The lowest BCUT2D eigenvalue weighted by atomic mass is 10.2. The topological polar surface area (TPSA) is 66.9 Å². The first-order valence-electron chi connectivity index (χ1n) is 7.91. The number of ether oxygens (including phenoxy) is 1. The van der Waals surface area contributed by atoms with Crippen molar-refractivity contribution in [3.63, 3.8) is 0 Å². The first-order valence-corrected chi connectivity index (χ1v) is 9.35. The van der Waals surface area contributed by atoms with Crippen LogP contribution in [0.25, 0.3) is 0 Å². The second kappa shape index (κ2) is 4.95. The average Bonchev–Trinajstić information content (AvgIpc) is 3.44. The second-order valence-electron chi connectivity index (χ2n) is 6.63. The second-order valence-corrected chi connectivity index (χ2v) is 8.57. The monoisotopic (exact) mass is 336 g/mol. The summed E-state index contributed by atoms with van der Waals surface area (Å²) in [6.07, 6.45) is 2.08. The van der Waals surface area contributed by atoms with Crippen LogP contribution >= 0.6 is 0 Å². The zero-order chi connectivity index (χ0) is 16.2. The van der Waals surface area contributed by atoms with Crippen LogP contribution in [-0.2, 0) is 14.8 Å². The fourth-order valence-corrected chi connectivity index (χ4v) is 4.82. The summed E-state index contributed by atoms with van der Waals surface area (Å²) in [6, 6.07) is 6.41. The Kier molecular flexibility index (Phi) is 3.22. The zero-order valence-corrected chi connectivity index (χ0v) is 13.9. The number of hydrogen-bond acceptors (Lipinski definition) is 4. The lowest BCUT2D eigenvalue weighted by molar-refractivity contribution is -0.135. The fraction of sp³-hybridized carbons (Fsp3) is 0.562. The molecule has 124 valence electrons. The van der Waals surface area contributed by atoms with E-state index in [2.05, 4.69) is 0 Å². The molecule has 0 unspecified atom stereocenters. The molecule has 0 N–H and O–H groups in total. The van der Waals surface area contributed by atoms with Gasteiger partial charge in [-0.25, -0.2) is 8.42 Å². The Labute approximate surface area is 136 Å². The van der Waals surface area contributed by atoms with Crippen LogP contribution in [0.2, 0.25) is 0 Å². The summed E-state index contributed by atoms with van der Waals surface area (Å²) >= 11 is 0. The fourth-order valence-electron chi connectivity index (χ4n) is 3.39. The maximum Gasteiger partial charge on any atom is 0.243 e. The molecule has 7 heteroatoms. The highest BCUT2D eigenvalue weighted by Crippen LogP contribution is 2.75. The van der Waals surface area contributed by atoms with Crippen molar-refractivity contribution in [2.45, 2.75) is 17.7 Å². The number of rotatable bonds is 4. The minimum absolute atomic E-state index is 0.0307. The van der Waals surface area contributed by atoms with Gasteiger partial charge in [0.2, 0.25) is 15.9 Å². The highest BCUT2D eigenvalue weighted by Gasteiger charge is 2.75. The van der Waals surface area contributed by atoms with E-state index >= 15 is 0 Å². The molecule has 4 rings (SSSR count). The van der Waals surface area contributed by atoms with Crippen molar-refractivity contribution < 1.29 is 17.9 Å². The number of benzene rings is 1. The first-order chi connectivity index (χ1) is 11.0. The molecule has 3 fully saturated rings. The summed E-state index contributed by atoms with van der Waals surface area (Å²) in [4.78, 5) is 14.5. The van der Waals surface area contributed by atoms with Crippen molar-refractivity contribution in [2.75, 3.05) is 33.3 Å². The van der Waals surface area contributed by atoms with E-state index in [9.17, 15) is 13.2 Å². The number of fused-ring (bicyclic) bond motifs is 1. The van der Waals surface area contributed by atoms with Crippen molar-refractivity contribution in [1.29, 1.82) is 0 Å². The van der Waals surface area contributed by atoms with Crippen molar-refractivity contribution in [2.24, 2.45) is 11.3 Å². The van der Waals surface area contributed by atoms with Crippen LogP contribution in [-0.4, -0.2) is 56.8 Å². The van der Waals surface area contributed by atoms with E-state index in [1.54, 1.807) is 31.4 Å². The van der Waals surface area contributed by atoms with E-state index in [0.717, 1.165) is 12.8 Å². The molecule has 2 aliphatic carbocycles. The summed E-state index contributed by atoms with van der Waals surface area (Å²) in [5.41, 5.74) is -0.0307. The number of methoxy groups -OCH3 is 1. The van der Waals surface area contributed by atoms with Gasteiger partial charge in [-0.1, -0.05) is 0 Å².